The molecule has 3 fully saturated rings. The summed E-state index contributed by atoms with van der Waals surface area (Å²) in [5.74, 6) is -8.85. The van der Waals surface area contributed by atoms with Gasteiger partial charge < -0.3 is 49.0 Å². The van der Waals surface area contributed by atoms with Crippen molar-refractivity contribution in [3.05, 3.63) is 36.0 Å². The highest BCUT2D eigenvalue weighted by molar-refractivity contribution is 6.39. The lowest BCUT2D eigenvalue weighted by atomic mass is 9.81. The summed E-state index contributed by atoms with van der Waals surface area (Å²) in [4.78, 5) is 57.8. The van der Waals surface area contributed by atoms with E-state index < -0.39 is 95.9 Å². The van der Waals surface area contributed by atoms with Crippen LogP contribution >= 0.6 is 0 Å². The number of carbonyl (C=O) groups is 4. The molecule has 4 N–H and O–H groups in total. The second-order valence-corrected chi connectivity index (χ2v) is 17.3. The molecule has 0 unspecified atom stereocenters. The number of amides is 1. The molecule has 3 heterocycles. The van der Waals surface area contributed by atoms with Crippen molar-refractivity contribution in [2.45, 2.75) is 159 Å². The number of ketones is 2. The molecule has 0 aromatic carbocycles. The van der Waals surface area contributed by atoms with E-state index >= 15 is 0 Å². The van der Waals surface area contributed by atoms with Crippen molar-refractivity contribution in [2.75, 3.05) is 27.9 Å². The van der Waals surface area contributed by atoms with Crippen LogP contribution in [-0.2, 0) is 42.9 Å². The summed E-state index contributed by atoms with van der Waals surface area (Å²) >= 11 is 0. The van der Waals surface area contributed by atoms with Gasteiger partial charge in [-0.2, -0.15) is 0 Å². The number of aliphatic hydroxyl groups is 4. The summed E-state index contributed by atoms with van der Waals surface area (Å²) in [6.07, 6.45) is 1.75. The van der Waals surface area contributed by atoms with Crippen molar-refractivity contribution >= 4 is 23.4 Å². The summed E-state index contributed by atoms with van der Waals surface area (Å²) in [5, 5.41) is 45.7. The fourth-order valence-corrected chi connectivity index (χ4v) is 9.34. The maximum Gasteiger partial charge on any atom is 0.329 e. The van der Waals surface area contributed by atoms with E-state index in [1.807, 2.05) is 13.0 Å². The summed E-state index contributed by atoms with van der Waals surface area (Å²) < 4.78 is 29.6. The van der Waals surface area contributed by atoms with Crippen molar-refractivity contribution in [3.63, 3.8) is 0 Å². The normalized spacial score (nSPS) is 41.8. The maximum atomic E-state index is 14.3. The molecule has 0 spiro atoms. The number of rotatable bonds is 7. The fraction of sp³-hybridized carbons (Fsp3) is 0.773. The van der Waals surface area contributed by atoms with Crippen LogP contribution in [0.5, 0.6) is 0 Å². The molecular weight excluding hydrogens is 750 g/mol. The molecule has 1 amide bonds. The van der Waals surface area contributed by atoms with Gasteiger partial charge in [-0.3, -0.25) is 14.4 Å². The Kier molecular flexibility index (Phi) is 17.4. The molecule has 0 aromatic rings. The smallest absolute Gasteiger partial charge is 0.329 e. The lowest BCUT2D eigenvalue weighted by Crippen LogP contribution is -2.64. The molecule has 4 aliphatic rings. The molecule has 14 heteroatoms. The number of ether oxygens (including phenoxy) is 5. The van der Waals surface area contributed by atoms with Gasteiger partial charge in [0, 0.05) is 52.0 Å². The molecule has 3 aliphatic heterocycles. The number of esters is 1. The van der Waals surface area contributed by atoms with E-state index in [0.717, 1.165) is 4.90 Å². The van der Waals surface area contributed by atoms with Gasteiger partial charge in [-0.05, 0) is 94.6 Å². The Bertz CT molecular complexity index is 1510. The highest BCUT2D eigenvalue weighted by atomic mass is 16.7. The summed E-state index contributed by atoms with van der Waals surface area (Å²) in [7, 11) is 4.47. The van der Waals surface area contributed by atoms with Gasteiger partial charge in [-0.1, -0.05) is 39.0 Å². The van der Waals surface area contributed by atoms with Gasteiger partial charge in [0.05, 0.1) is 36.6 Å². The van der Waals surface area contributed by atoms with Gasteiger partial charge >= 0.3 is 5.97 Å². The molecule has 15 atom stereocenters. The highest BCUT2D eigenvalue weighted by Crippen LogP contribution is 2.39. The van der Waals surface area contributed by atoms with Crippen LogP contribution in [-0.4, -0.2) is 137 Å². The Hall–Kier alpha value is -2.82. The van der Waals surface area contributed by atoms with Crippen LogP contribution in [0.3, 0.4) is 0 Å². The average molecular weight is 820 g/mol. The molecule has 1 saturated carbocycles. The Balaban J connectivity index is 1.80. The number of piperidine rings is 1. The molecule has 1 aliphatic carbocycles. The number of cyclic esters (lactones) is 1. The van der Waals surface area contributed by atoms with E-state index in [9.17, 15) is 39.6 Å². The number of Topliss-reactive ketones (excluding diaryl/α,β-unsaturated/α-hetero) is 2. The number of hydrogen-bond donors (Lipinski definition) is 4. The Morgan fingerprint density at radius 3 is 2.22 bits per heavy atom. The molecular formula is C44H69NO13. The first kappa shape index (κ1) is 47.9. The van der Waals surface area contributed by atoms with E-state index in [1.165, 1.54) is 14.2 Å². The lowest BCUT2D eigenvalue weighted by Gasteiger charge is -2.47. The number of allylic oxidation sites excluding steroid dienone is 3. The van der Waals surface area contributed by atoms with Crippen LogP contribution in [0, 0.1) is 29.6 Å². The van der Waals surface area contributed by atoms with E-state index in [0.29, 0.717) is 43.3 Å². The van der Waals surface area contributed by atoms with Crippen molar-refractivity contribution in [1.82, 2.24) is 4.90 Å². The Labute approximate surface area is 343 Å². The number of aliphatic hydroxyl groups excluding tert-OH is 3. The zero-order valence-electron chi connectivity index (χ0n) is 35.7. The second kappa shape index (κ2) is 21.1. The molecule has 14 nitrogen and oxygen atoms in total. The van der Waals surface area contributed by atoms with Gasteiger partial charge in [-0.25, -0.2) is 4.79 Å². The molecule has 2 bridgehead atoms. The monoisotopic (exact) mass is 819 g/mol. The van der Waals surface area contributed by atoms with Gasteiger partial charge in [-0.15, -0.1) is 6.58 Å². The molecule has 328 valence electrons. The quantitative estimate of drug-likeness (QED) is 0.165. The van der Waals surface area contributed by atoms with Crippen molar-refractivity contribution < 1.29 is 63.3 Å². The molecule has 0 aromatic heterocycles. The first-order valence-corrected chi connectivity index (χ1v) is 21.0. The molecule has 4 rings (SSSR count). The SMILES string of the molecule is C=CC[C@@H]1/C=C(\C)[C@@H](O)[C@H](C)C[C@H](OC)[C@H]2O[C@@](O)(C(=O)C(=O)N3CCCC[C@H]3C(=O)O[C@H](/C(C)=C/[C@@H]3CC[C@@H](O)[C@H](OC)C3)[C@H](C)[C@@H](O)CC1=O)[C@H](C)C[C@@H]2OC. The minimum atomic E-state index is -2.58. The standard InChI is InChI=1S/C44H69NO13/c1-10-13-30-19-24(2)38(49)25(3)20-36(55-8)40-37(56-9)21-27(5)44(53,58-40)41(50)42(51)45-17-12-11-14-31(45)43(52)57-39(28(6)33(47)23-34(30)48)26(4)18-29-15-16-32(46)35(22-29)54-7/h10,18-19,25,27-33,35-40,46-47,49,53H,1,11-17,20-23H2,2-9H3/b24-19+,26-18+/t25-,27-,28-,29+,30-,31+,32-,33+,35-,36+,37+,38-,39-,40-,44-/m1/s1. The van der Waals surface area contributed by atoms with E-state index in [-0.39, 0.29) is 56.5 Å². The van der Waals surface area contributed by atoms with E-state index in [1.54, 1.807) is 47.0 Å². The Morgan fingerprint density at radius 1 is 0.931 bits per heavy atom. The summed E-state index contributed by atoms with van der Waals surface area (Å²) in [5.41, 5.74) is 1.14. The predicted molar refractivity (Wildman–Crippen MR) is 214 cm³/mol. The molecule has 0 radical (unpaired) electrons. The van der Waals surface area contributed by atoms with Crippen LogP contribution in [0.2, 0.25) is 0 Å². The van der Waals surface area contributed by atoms with Crippen LogP contribution in [0.15, 0.2) is 36.0 Å². The van der Waals surface area contributed by atoms with E-state index in [4.69, 9.17) is 23.7 Å². The minimum Gasteiger partial charge on any atom is -0.456 e. The van der Waals surface area contributed by atoms with Crippen molar-refractivity contribution in [3.8, 4) is 0 Å². The fourth-order valence-electron chi connectivity index (χ4n) is 9.34. The molecule has 2 saturated heterocycles. The number of fused-ring (bicyclic) bond motifs is 3. The zero-order chi connectivity index (χ0) is 43.1. The molecule has 58 heavy (non-hydrogen) atoms. The summed E-state index contributed by atoms with van der Waals surface area (Å²) in [6.45, 7) is 12.5. The Morgan fingerprint density at radius 2 is 1.59 bits per heavy atom. The van der Waals surface area contributed by atoms with Gasteiger partial charge in [0.2, 0.25) is 5.79 Å². The number of nitrogens with zero attached hydrogens (tertiary/aromatic N) is 1. The minimum absolute atomic E-state index is 0.0371. The van der Waals surface area contributed by atoms with Crippen LogP contribution < -0.4 is 0 Å². The lowest BCUT2D eigenvalue weighted by molar-refractivity contribution is -0.302. The maximum absolute atomic E-state index is 14.3. The van der Waals surface area contributed by atoms with Gasteiger partial charge in [0.15, 0.2) is 0 Å². The topological polar surface area (TPSA) is 199 Å². The van der Waals surface area contributed by atoms with Crippen LogP contribution in [0.4, 0.5) is 0 Å². The van der Waals surface area contributed by atoms with E-state index in [2.05, 4.69) is 6.58 Å². The van der Waals surface area contributed by atoms with Crippen molar-refractivity contribution in [1.29, 1.82) is 0 Å². The third kappa shape index (κ3) is 10.9. The average Bonchev–Trinajstić information content (AvgIpc) is 3.21. The van der Waals surface area contributed by atoms with Crippen molar-refractivity contribution in [2.24, 2.45) is 29.6 Å². The largest absolute Gasteiger partial charge is 0.456 e. The van der Waals surface area contributed by atoms with Gasteiger partial charge in [0.1, 0.15) is 24.0 Å². The van der Waals surface area contributed by atoms with Crippen LogP contribution in [0.25, 0.3) is 0 Å². The zero-order valence-corrected chi connectivity index (χ0v) is 35.7. The van der Waals surface area contributed by atoms with Crippen LogP contribution in [0.1, 0.15) is 98.8 Å². The third-order valence-corrected chi connectivity index (χ3v) is 13.2. The number of methoxy groups -OCH3 is 3. The van der Waals surface area contributed by atoms with Gasteiger partial charge in [0.25, 0.3) is 11.7 Å². The second-order valence-electron chi connectivity index (χ2n) is 17.3. The predicted octanol–water partition coefficient (Wildman–Crippen LogP) is 3.61. The number of hydrogen-bond acceptors (Lipinski definition) is 13. The number of carbonyl (C=O) groups excluding carboxylic acids is 4. The highest BCUT2D eigenvalue weighted by Gasteiger charge is 2.56. The summed E-state index contributed by atoms with van der Waals surface area (Å²) in [6, 6.07) is -1.17. The first-order chi connectivity index (χ1) is 27.4. The third-order valence-electron chi connectivity index (χ3n) is 13.2. The first-order valence-electron chi connectivity index (χ1n) is 21.0.